The van der Waals surface area contributed by atoms with Gasteiger partial charge in [0.25, 0.3) is 0 Å². The zero-order chi connectivity index (χ0) is 19.6. The zero-order valence-electron chi connectivity index (χ0n) is 16.7. The second-order valence-electron chi connectivity index (χ2n) is 7.60. The van der Waals surface area contributed by atoms with Crippen molar-refractivity contribution in [2.45, 2.75) is 78.3 Å². The van der Waals surface area contributed by atoms with Crippen LogP contribution in [0.2, 0.25) is 0 Å². The molecule has 1 aromatic rings. The summed E-state index contributed by atoms with van der Waals surface area (Å²) in [4.78, 5) is 12.5. The summed E-state index contributed by atoms with van der Waals surface area (Å²) in [7, 11) is 0. The standard InChI is InChI=1S/C21H34O5/c1-6-7-13-18(20(23)26-21(3,4)5)19(22)16(2)25-15-24-14-17-11-9-8-10-12-17/h8-12,16,18-19,22H,6-7,13-15H2,1-5H3/t16-,18?,19-/m0/s1. The lowest BCUT2D eigenvalue weighted by molar-refractivity contribution is -0.174. The van der Waals surface area contributed by atoms with Crippen molar-refractivity contribution in [3.8, 4) is 0 Å². The molecule has 0 spiro atoms. The lowest BCUT2D eigenvalue weighted by Gasteiger charge is -2.29. The minimum atomic E-state index is -0.934. The van der Waals surface area contributed by atoms with E-state index in [2.05, 4.69) is 6.92 Å². The van der Waals surface area contributed by atoms with Crippen molar-refractivity contribution in [2.24, 2.45) is 5.92 Å². The second-order valence-corrected chi connectivity index (χ2v) is 7.60. The Balaban J connectivity index is 2.50. The maximum absolute atomic E-state index is 12.5. The molecule has 3 atom stereocenters. The third-order valence-corrected chi connectivity index (χ3v) is 4.00. The molecule has 0 aliphatic rings. The molecule has 1 N–H and O–H groups in total. The Hall–Kier alpha value is -1.43. The Labute approximate surface area is 157 Å². The van der Waals surface area contributed by atoms with E-state index in [1.165, 1.54) is 0 Å². The second kappa shape index (κ2) is 11.3. The first-order valence-electron chi connectivity index (χ1n) is 9.38. The van der Waals surface area contributed by atoms with Gasteiger partial charge in [-0.25, -0.2) is 0 Å². The van der Waals surface area contributed by atoms with Crippen molar-refractivity contribution < 1.29 is 24.1 Å². The maximum atomic E-state index is 12.5. The van der Waals surface area contributed by atoms with E-state index in [1.54, 1.807) is 6.92 Å². The first-order chi connectivity index (χ1) is 12.2. The molecule has 0 saturated heterocycles. The number of carbonyl (C=O) groups is 1. The molecule has 0 amide bonds. The third kappa shape index (κ3) is 8.79. The van der Waals surface area contributed by atoms with Crippen LogP contribution in [0.25, 0.3) is 0 Å². The van der Waals surface area contributed by atoms with Gasteiger partial charge in [0.1, 0.15) is 12.4 Å². The van der Waals surface area contributed by atoms with Crippen LogP contribution in [0.15, 0.2) is 30.3 Å². The zero-order valence-corrected chi connectivity index (χ0v) is 16.7. The molecule has 148 valence electrons. The maximum Gasteiger partial charge on any atom is 0.312 e. The number of hydrogen-bond acceptors (Lipinski definition) is 5. The highest BCUT2D eigenvalue weighted by Crippen LogP contribution is 2.22. The number of esters is 1. The molecular formula is C21H34O5. The van der Waals surface area contributed by atoms with Crippen molar-refractivity contribution >= 4 is 5.97 Å². The molecule has 1 aromatic carbocycles. The third-order valence-electron chi connectivity index (χ3n) is 4.00. The Morgan fingerprint density at radius 2 is 1.85 bits per heavy atom. The first kappa shape index (κ1) is 22.6. The van der Waals surface area contributed by atoms with E-state index >= 15 is 0 Å². The molecule has 0 saturated carbocycles. The van der Waals surface area contributed by atoms with Crippen LogP contribution in [0.5, 0.6) is 0 Å². The Kier molecular flexibility index (Phi) is 9.84. The van der Waals surface area contributed by atoms with Crippen LogP contribution in [0.3, 0.4) is 0 Å². The highest BCUT2D eigenvalue weighted by Gasteiger charge is 2.34. The smallest absolute Gasteiger partial charge is 0.312 e. The normalized spacial score (nSPS) is 15.3. The van der Waals surface area contributed by atoms with Crippen LogP contribution in [-0.2, 0) is 25.6 Å². The number of carbonyl (C=O) groups excluding carboxylic acids is 1. The van der Waals surface area contributed by atoms with E-state index in [-0.39, 0.29) is 12.8 Å². The molecule has 0 bridgehead atoms. The fraction of sp³-hybridized carbons (Fsp3) is 0.667. The number of unbranched alkanes of at least 4 members (excludes halogenated alkanes) is 1. The summed E-state index contributed by atoms with van der Waals surface area (Å²) in [5, 5.41) is 10.6. The topological polar surface area (TPSA) is 65.0 Å². The quantitative estimate of drug-likeness (QED) is 0.363. The molecule has 1 rings (SSSR count). The van der Waals surface area contributed by atoms with Crippen LogP contribution in [0.4, 0.5) is 0 Å². The van der Waals surface area contributed by atoms with E-state index in [9.17, 15) is 9.90 Å². The van der Waals surface area contributed by atoms with Gasteiger partial charge >= 0.3 is 5.97 Å². The van der Waals surface area contributed by atoms with E-state index in [4.69, 9.17) is 14.2 Å². The largest absolute Gasteiger partial charge is 0.460 e. The van der Waals surface area contributed by atoms with Gasteiger partial charge in [-0.1, -0.05) is 50.1 Å². The predicted molar refractivity (Wildman–Crippen MR) is 102 cm³/mol. The summed E-state index contributed by atoms with van der Waals surface area (Å²) in [5.41, 5.74) is 0.475. The number of aliphatic hydroxyl groups excluding tert-OH is 1. The number of ether oxygens (including phenoxy) is 3. The van der Waals surface area contributed by atoms with Gasteiger partial charge in [0, 0.05) is 0 Å². The molecule has 0 aliphatic carbocycles. The van der Waals surface area contributed by atoms with Crippen molar-refractivity contribution in [1.29, 1.82) is 0 Å². The van der Waals surface area contributed by atoms with Gasteiger partial charge in [-0.2, -0.15) is 0 Å². The molecule has 0 fully saturated rings. The van der Waals surface area contributed by atoms with Gasteiger partial charge in [-0.3, -0.25) is 4.79 Å². The molecule has 0 aromatic heterocycles. The summed E-state index contributed by atoms with van der Waals surface area (Å²) in [6.07, 6.45) is 0.905. The molecule has 0 heterocycles. The van der Waals surface area contributed by atoms with E-state index in [0.29, 0.717) is 13.0 Å². The fourth-order valence-electron chi connectivity index (χ4n) is 2.54. The first-order valence-corrected chi connectivity index (χ1v) is 9.38. The lowest BCUT2D eigenvalue weighted by atomic mass is 9.92. The monoisotopic (exact) mass is 366 g/mol. The van der Waals surface area contributed by atoms with Crippen LogP contribution in [0, 0.1) is 5.92 Å². The van der Waals surface area contributed by atoms with E-state index in [1.807, 2.05) is 51.1 Å². The molecule has 0 aliphatic heterocycles. The highest BCUT2D eigenvalue weighted by atomic mass is 16.7. The van der Waals surface area contributed by atoms with E-state index < -0.39 is 23.7 Å². The minimum absolute atomic E-state index is 0.0575. The average molecular weight is 366 g/mol. The van der Waals surface area contributed by atoms with Crippen molar-refractivity contribution in [1.82, 2.24) is 0 Å². The molecule has 5 heteroatoms. The summed E-state index contributed by atoms with van der Waals surface area (Å²) in [6, 6.07) is 9.80. The summed E-state index contributed by atoms with van der Waals surface area (Å²) < 4.78 is 16.5. The van der Waals surface area contributed by atoms with Crippen molar-refractivity contribution in [3.05, 3.63) is 35.9 Å². The van der Waals surface area contributed by atoms with Gasteiger partial charge in [-0.15, -0.1) is 0 Å². The molecular weight excluding hydrogens is 332 g/mol. The molecule has 26 heavy (non-hydrogen) atoms. The van der Waals surface area contributed by atoms with Gasteiger partial charge in [0.05, 0.1) is 24.7 Å². The summed E-state index contributed by atoms with van der Waals surface area (Å²) in [6.45, 7) is 9.77. The van der Waals surface area contributed by atoms with Gasteiger partial charge in [-0.05, 0) is 39.7 Å². The molecule has 0 radical (unpaired) electrons. The van der Waals surface area contributed by atoms with Crippen LogP contribution >= 0.6 is 0 Å². The number of hydrogen-bond donors (Lipinski definition) is 1. The van der Waals surface area contributed by atoms with E-state index in [0.717, 1.165) is 18.4 Å². The van der Waals surface area contributed by atoms with Crippen LogP contribution in [0.1, 0.15) is 59.4 Å². The summed E-state index contributed by atoms with van der Waals surface area (Å²) in [5.74, 6) is -0.975. The molecule has 1 unspecified atom stereocenters. The summed E-state index contributed by atoms with van der Waals surface area (Å²) >= 11 is 0. The van der Waals surface area contributed by atoms with Crippen LogP contribution in [-0.4, -0.2) is 35.7 Å². The van der Waals surface area contributed by atoms with Crippen molar-refractivity contribution in [2.75, 3.05) is 6.79 Å². The van der Waals surface area contributed by atoms with Gasteiger partial charge in [0.15, 0.2) is 0 Å². The fourth-order valence-corrected chi connectivity index (χ4v) is 2.54. The molecule has 5 nitrogen and oxygen atoms in total. The Morgan fingerprint density at radius 1 is 1.19 bits per heavy atom. The number of rotatable bonds is 11. The SMILES string of the molecule is CCCCC(C(=O)OC(C)(C)C)[C@@H](O)[C@H](C)OCOCc1ccccc1. The van der Waals surface area contributed by atoms with Crippen molar-refractivity contribution in [3.63, 3.8) is 0 Å². The minimum Gasteiger partial charge on any atom is -0.460 e. The van der Waals surface area contributed by atoms with Gasteiger partial charge < -0.3 is 19.3 Å². The predicted octanol–water partition coefficient (Wildman–Crippen LogP) is 4.07. The Bertz CT molecular complexity index is 509. The lowest BCUT2D eigenvalue weighted by Crippen LogP contribution is -2.41. The average Bonchev–Trinajstić information content (AvgIpc) is 2.58. The number of aliphatic hydroxyl groups is 1. The highest BCUT2D eigenvalue weighted by molar-refractivity contribution is 5.73. The number of benzene rings is 1. The van der Waals surface area contributed by atoms with Gasteiger partial charge in [0.2, 0.25) is 0 Å². The Morgan fingerprint density at radius 3 is 2.42 bits per heavy atom. The van der Waals surface area contributed by atoms with Crippen LogP contribution < -0.4 is 0 Å².